The van der Waals surface area contributed by atoms with Gasteiger partial charge < -0.3 is 28.8 Å². The van der Waals surface area contributed by atoms with E-state index < -0.39 is 0 Å². The molecule has 2 heterocycles. The molecule has 1 aliphatic carbocycles. The predicted octanol–water partition coefficient (Wildman–Crippen LogP) is 9.17. The Morgan fingerprint density at radius 2 is 1.17 bits per heavy atom. The molecule has 8 nitrogen and oxygen atoms in total. The quantitative estimate of drug-likeness (QED) is 0.104. The zero-order chi connectivity index (χ0) is 37.9. The first kappa shape index (κ1) is 35.6. The topological polar surface area (TPSA) is 97.6 Å². The van der Waals surface area contributed by atoms with Gasteiger partial charge in [-0.3, -0.25) is 4.79 Å². The van der Waals surface area contributed by atoms with Gasteiger partial charge in [-0.1, -0.05) is 48.2 Å². The van der Waals surface area contributed by atoms with Gasteiger partial charge in [-0.05, 0) is 96.8 Å². The van der Waals surface area contributed by atoms with Crippen LogP contribution in [0.25, 0.3) is 40.2 Å². The zero-order valence-electron chi connectivity index (χ0n) is 30.8. The number of ether oxygens (including phenoxy) is 5. The van der Waals surface area contributed by atoms with E-state index in [-0.39, 0.29) is 22.7 Å². The minimum absolute atomic E-state index is 0.0845. The van der Waals surface area contributed by atoms with Gasteiger partial charge in [0.25, 0.3) is 0 Å². The summed E-state index contributed by atoms with van der Waals surface area (Å²) in [6, 6.07) is 30.4. The molecule has 0 amide bonds. The van der Waals surface area contributed by atoms with E-state index in [1.54, 1.807) is 64.9 Å². The fraction of sp³-hybridized carbons (Fsp3) is 0.130. The molecule has 0 radical (unpaired) electrons. The molecule has 8 heteroatoms. The minimum Gasteiger partial charge on any atom is -0.871 e. The molecule has 0 unspecified atom stereocenters. The smallest absolute Gasteiger partial charge is 0.361 e. The Labute approximate surface area is 314 Å². The molecule has 0 saturated heterocycles. The van der Waals surface area contributed by atoms with Gasteiger partial charge in [0.05, 0.1) is 51.7 Å². The van der Waals surface area contributed by atoms with Crippen molar-refractivity contribution < 1.29 is 38.0 Å². The van der Waals surface area contributed by atoms with E-state index in [1.807, 2.05) is 98.8 Å². The lowest BCUT2D eigenvalue weighted by Crippen LogP contribution is -2.29. The van der Waals surface area contributed by atoms with Crippen molar-refractivity contribution in [3.05, 3.63) is 166 Å². The van der Waals surface area contributed by atoms with Gasteiger partial charge in [-0.2, -0.15) is 0 Å². The number of carbonyl (C=O) groups excluding carboxylic acids is 1. The summed E-state index contributed by atoms with van der Waals surface area (Å²) >= 11 is 0. The van der Waals surface area contributed by atoms with Crippen LogP contribution in [0.1, 0.15) is 27.8 Å². The summed E-state index contributed by atoms with van der Waals surface area (Å²) in [7, 11) is 6.30. The fourth-order valence-electron chi connectivity index (χ4n) is 6.47. The second-order valence-electron chi connectivity index (χ2n) is 12.8. The molecule has 0 spiro atoms. The van der Waals surface area contributed by atoms with Crippen molar-refractivity contribution in [2.24, 2.45) is 0 Å². The molecule has 54 heavy (non-hydrogen) atoms. The van der Waals surface area contributed by atoms with Crippen molar-refractivity contribution >= 4 is 23.4 Å². The molecule has 7 rings (SSSR count). The van der Waals surface area contributed by atoms with Crippen LogP contribution in [0.15, 0.2) is 142 Å². The van der Waals surface area contributed by atoms with E-state index in [0.29, 0.717) is 57.2 Å². The summed E-state index contributed by atoms with van der Waals surface area (Å²) in [6.07, 6.45) is 6.89. The third kappa shape index (κ3) is 6.89. The summed E-state index contributed by atoms with van der Waals surface area (Å²) < 4.78 is 34.8. The highest BCUT2D eigenvalue weighted by atomic mass is 16.5. The second-order valence-corrected chi connectivity index (χ2v) is 12.8. The van der Waals surface area contributed by atoms with Crippen LogP contribution in [0.2, 0.25) is 0 Å². The molecule has 0 saturated carbocycles. The molecule has 270 valence electrons. The van der Waals surface area contributed by atoms with E-state index in [9.17, 15) is 9.90 Å². The lowest BCUT2D eigenvalue weighted by molar-refractivity contribution is -0.300. The maximum Gasteiger partial charge on any atom is 0.361 e. The molecule has 0 bridgehead atoms. The van der Waals surface area contributed by atoms with Crippen molar-refractivity contribution in [2.75, 3.05) is 28.4 Å². The van der Waals surface area contributed by atoms with Gasteiger partial charge in [-0.15, -0.1) is 0 Å². The second kappa shape index (κ2) is 15.0. The number of aryl methyl sites for hydroxylation is 2. The van der Waals surface area contributed by atoms with Crippen molar-refractivity contribution in [3.63, 3.8) is 0 Å². The Balaban J connectivity index is 1.31. The number of rotatable bonds is 10. The van der Waals surface area contributed by atoms with Crippen LogP contribution in [0.5, 0.6) is 23.0 Å². The van der Waals surface area contributed by atoms with E-state index in [1.165, 1.54) is 0 Å². The van der Waals surface area contributed by atoms with Crippen LogP contribution < -0.4 is 24.1 Å². The van der Waals surface area contributed by atoms with Crippen LogP contribution in [0.3, 0.4) is 0 Å². The number of hydrogen-bond acceptors (Lipinski definition) is 7. The van der Waals surface area contributed by atoms with Crippen LogP contribution in [0.4, 0.5) is 0 Å². The Morgan fingerprint density at radius 1 is 0.611 bits per heavy atom. The standard InChI is InChI=1S/C46H38O8/c1-27-11-7-9-13-33(27)41-23-29(21-39(53-41)31-15-17-37(49-3)43(25-31)51-5)19-35-45(47)36(46(35)48)20-30-22-40(32-16-18-38(50-4)44(26-32)52-6)54-42(24-30)34-14-10-8-12-28(34)2/h7-26H,1-6H3. The zero-order valence-corrected chi connectivity index (χ0v) is 30.8. The molecule has 2 aliphatic rings. The summed E-state index contributed by atoms with van der Waals surface area (Å²) in [5.74, 6) is 3.77. The van der Waals surface area contributed by atoms with Crippen LogP contribution in [-0.2, 0) is 9.53 Å². The van der Waals surface area contributed by atoms with Gasteiger partial charge in [0, 0.05) is 28.3 Å². The van der Waals surface area contributed by atoms with Gasteiger partial charge in [-0.25, -0.2) is 4.42 Å². The minimum atomic E-state index is -0.350. The lowest BCUT2D eigenvalue weighted by atomic mass is 9.85. The lowest BCUT2D eigenvalue weighted by Gasteiger charge is -2.29. The van der Waals surface area contributed by atoms with E-state index in [4.69, 9.17) is 28.1 Å². The van der Waals surface area contributed by atoms with Gasteiger partial charge in [0.1, 0.15) is 11.5 Å². The molecule has 5 aromatic rings. The Hall–Kier alpha value is -6.80. The predicted molar refractivity (Wildman–Crippen MR) is 208 cm³/mol. The van der Waals surface area contributed by atoms with Crippen LogP contribution in [-0.4, -0.2) is 34.2 Å². The van der Waals surface area contributed by atoms with E-state index in [2.05, 4.69) is 0 Å². The van der Waals surface area contributed by atoms with E-state index in [0.717, 1.165) is 33.4 Å². The number of allylic oxidation sites excluding steroid dienone is 6. The highest BCUT2D eigenvalue weighted by molar-refractivity contribution is 6.23. The summed E-state index contributed by atoms with van der Waals surface area (Å²) in [5.41, 5.74) is 6.70. The Bertz CT molecular complexity index is 2460. The summed E-state index contributed by atoms with van der Waals surface area (Å²) in [6.45, 7) is 4.00. The maximum absolute atomic E-state index is 13.8. The van der Waals surface area contributed by atoms with Gasteiger partial charge in [0.2, 0.25) is 0 Å². The number of ketones is 1. The number of hydrogen-bond donors (Lipinski definition) is 0. The highest BCUT2D eigenvalue weighted by Gasteiger charge is 2.28. The molecule has 0 atom stereocenters. The first-order valence-corrected chi connectivity index (χ1v) is 17.3. The summed E-state index contributed by atoms with van der Waals surface area (Å²) in [5, 5.41) is 13.8. The molecular weight excluding hydrogens is 680 g/mol. The SMILES string of the molecule is COc1ccc(C2=CC(=CC3=C([O-])C(=Cc4cc(-c5ccc(OC)c(OC)c5)[o+]c(-c5ccccc5C)c4)C3=O)C=C(c3ccccc3C)O2)cc1OC. The molecule has 1 aliphatic heterocycles. The molecule has 0 N–H and O–H groups in total. The number of Topliss-reactive ketones (excluding diaryl/α,β-unsaturated/α-hetero) is 1. The summed E-state index contributed by atoms with van der Waals surface area (Å²) in [4.78, 5) is 13.8. The molecular formula is C46H38O8. The monoisotopic (exact) mass is 718 g/mol. The van der Waals surface area contributed by atoms with Crippen LogP contribution >= 0.6 is 0 Å². The molecule has 0 fully saturated rings. The average molecular weight is 719 g/mol. The van der Waals surface area contributed by atoms with Crippen LogP contribution in [0, 0.1) is 13.8 Å². The fourth-order valence-corrected chi connectivity index (χ4v) is 6.47. The first-order valence-electron chi connectivity index (χ1n) is 17.3. The highest BCUT2D eigenvalue weighted by Crippen LogP contribution is 2.40. The largest absolute Gasteiger partial charge is 0.871 e. The molecule has 1 aromatic heterocycles. The number of benzene rings is 4. The average Bonchev–Trinajstić information content (AvgIpc) is 3.21. The maximum atomic E-state index is 13.8. The third-order valence-corrected chi connectivity index (χ3v) is 9.39. The first-order chi connectivity index (χ1) is 26.2. The molecule has 4 aromatic carbocycles. The van der Waals surface area contributed by atoms with Gasteiger partial charge in [0.15, 0.2) is 28.8 Å². The van der Waals surface area contributed by atoms with Crippen molar-refractivity contribution in [1.29, 1.82) is 0 Å². The van der Waals surface area contributed by atoms with Crippen molar-refractivity contribution in [1.82, 2.24) is 0 Å². The van der Waals surface area contributed by atoms with Crippen molar-refractivity contribution in [3.8, 4) is 45.6 Å². The Morgan fingerprint density at radius 3 is 1.78 bits per heavy atom. The number of carbonyl (C=O) groups is 1. The third-order valence-electron chi connectivity index (χ3n) is 9.39. The van der Waals surface area contributed by atoms with Crippen molar-refractivity contribution in [2.45, 2.75) is 13.8 Å². The van der Waals surface area contributed by atoms with Gasteiger partial charge >= 0.3 is 11.5 Å². The Kier molecular flexibility index (Phi) is 9.92. The normalized spacial score (nSPS) is 15.3. The number of methoxy groups -OCH3 is 4. The van der Waals surface area contributed by atoms with E-state index >= 15 is 0 Å².